The topological polar surface area (TPSA) is 70.4 Å². The highest BCUT2D eigenvalue weighted by atomic mass is 16.5. The minimum absolute atomic E-state index is 0.588. The largest absolute Gasteiger partial charge is 0.379 e. The van der Waals surface area contributed by atoms with Crippen LogP contribution in [0.2, 0.25) is 0 Å². The van der Waals surface area contributed by atoms with Gasteiger partial charge in [-0.2, -0.15) is 5.10 Å². The summed E-state index contributed by atoms with van der Waals surface area (Å²) in [5, 5.41) is 7.21. The molecule has 1 aromatic heterocycles. The molecule has 1 N–H and O–H groups in total. The van der Waals surface area contributed by atoms with E-state index in [1.807, 2.05) is 11.7 Å². The van der Waals surface area contributed by atoms with Crippen LogP contribution in [0.15, 0.2) is 6.33 Å². The van der Waals surface area contributed by atoms with Crippen LogP contribution in [0.3, 0.4) is 0 Å². The Labute approximate surface area is 127 Å². The second kappa shape index (κ2) is 12.7. The lowest BCUT2D eigenvalue weighted by Crippen LogP contribution is -2.17. The van der Waals surface area contributed by atoms with E-state index < -0.39 is 0 Å². The van der Waals surface area contributed by atoms with Crippen LogP contribution in [-0.2, 0) is 27.3 Å². The molecule has 122 valence electrons. The van der Waals surface area contributed by atoms with Gasteiger partial charge in [0.25, 0.3) is 0 Å². The molecule has 0 aliphatic carbocycles. The number of rotatable bonds is 14. The van der Waals surface area contributed by atoms with Crippen LogP contribution in [0.1, 0.15) is 25.6 Å². The molecule has 0 saturated heterocycles. The average Bonchev–Trinajstić information content (AvgIpc) is 2.92. The first-order valence-corrected chi connectivity index (χ1v) is 7.63. The monoisotopic (exact) mass is 300 g/mol. The fourth-order valence-corrected chi connectivity index (χ4v) is 1.71. The van der Waals surface area contributed by atoms with Crippen LogP contribution in [0.4, 0.5) is 0 Å². The van der Waals surface area contributed by atoms with Crippen molar-refractivity contribution >= 4 is 0 Å². The van der Waals surface area contributed by atoms with Crippen molar-refractivity contribution in [2.24, 2.45) is 0 Å². The number of ether oxygens (including phenoxy) is 3. The van der Waals surface area contributed by atoms with E-state index in [0.29, 0.717) is 46.1 Å². The zero-order valence-electron chi connectivity index (χ0n) is 13.2. The second-order valence-electron chi connectivity index (χ2n) is 4.62. The van der Waals surface area contributed by atoms with E-state index in [1.165, 1.54) is 0 Å². The fourth-order valence-electron chi connectivity index (χ4n) is 1.71. The van der Waals surface area contributed by atoms with Gasteiger partial charge in [-0.25, -0.2) is 9.67 Å². The third-order valence-corrected chi connectivity index (χ3v) is 2.86. The molecular weight excluding hydrogens is 272 g/mol. The molecule has 1 heterocycles. The number of nitrogens with zero attached hydrogens (tertiary/aromatic N) is 3. The molecule has 0 aliphatic heterocycles. The third-order valence-electron chi connectivity index (χ3n) is 2.86. The summed E-state index contributed by atoms with van der Waals surface area (Å²) in [6.07, 6.45) is 3.84. The van der Waals surface area contributed by atoms with E-state index in [9.17, 15) is 0 Å². The summed E-state index contributed by atoms with van der Waals surface area (Å²) >= 11 is 0. The molecule has 0 aromatic carbocycles. The van der Waals surface area contributed by atoms with E-state index in [2.05, 4.69) is 22.3 Å². The zero-order valence-corrected chi connectivity index (χ0v) is 13.2. The minimum atomic E-state index is 0.588. The van der Waals surface area contributed by atoms with Crippen molar-refractivity contribution in [2.45, 2.75) is 32.9 Å². The molecule has 0 spiro atoms. The molecule has 0 saturated carbocycles. The molecule has 21 heavy (non-hydrogen) atoms. The predicted octanol–water partition coefficient (Wildman–Crippen LogP) is 0.847. The van der Waals surface area contributed by atoms with Crippen molar-refractivity contribution in [3.63, 3.8) is 0 Å². The number of aromatic nitrogens is 3. The Bertz CT molecular complexity index is 347. The van der Waals surface area contributed by atoms with E-state index >= 15 is 0 Å². The summed E-state index contributed by atoms with van der Waals surface area (Å²) < 4.78 is 18.2. The Morgan fingerprint density at radius 3 is 2.38 bits per heavy atom. The lowest BCUT2D eigenvalue weighted by molar-refractivity contribution is 0.0122. The third kappa shape index (κ3) is 8.77. The summed E-state index contributed by atoms with van der Waals surface area (Å²) in [4.78, 5) is 4.17. The van der Waals surface area contributed by atoms with Crippen LogP contribution in [0, 0.1) is 0 Å². The van der Waals surface area contributed by atoms with Gasteiger partial charge in [0.05, 0.1) is 46.1 Å². The van der Waals surface area contributed by atoms with Gasteiger partial charge < -0.3 is 19.5 Å². The van der Waals surface area contributed by atoms with Gasteiger partial charge in [0.1, 0.15) is 12.2 Å². The molecule has 1 rings (SSSR count). The first kappa shape index (κ1) is 18.0. The maximum atomic E-state index is 5.51. The molecular formula is C14H28N4O3. The first-order valence-electron chi connectivity index (χ1n) is 7.63. The molecule has 0 radical (unpaired) electrons. The van der Waals surface area contributed by atoms with Crippen molar-refractivity contribution < 1.29 is 14.2 Å². The summed E-state index contributed by atoms with van der Waals surface area (Å²) in [6, 6.07) is 0. The van der Waals surface area contributed by atoms with Crippen LogP contribution < -0.4 is 5.32 Å². The standard InChI is InChI=1S/C14H28N4O3/c1-3-4-6-19-8-10-21-11-9-20-7-5-18-14(12-15-2)16-13-17-18/h13,15H,3-12H2,1-2H3. The molecule has 0 atom stereocenters. The Balaban J connectivity index is 1.89. The predicted molar refractivity (Wildman–Crippen MR) is 80.2 cm³/mol. The number of hydrogen-bond acceptors (Lipinski definition) is 6. The van der Waals surface area contributed by atoms with Crippen molar-refractivity contribution in [3.8, 4) is 0 Å². The van der Waals surface area contributed by atoms with E-state index in [0.717, 1.165) is 25.3 Å². The van der Waals surface area contributed by atoms with Crippen molar-refractivity contribution in [3.05, 3.63) is 12.2 Å². The van der Waals surface area contributed by atoms with Gasteiger partial charge in [0.15, 0.2) is 0 Å². The molecule has 7 nitrogen and oxygen atoms in total. The van der Waals surface area contributed by atoms with E-state index in [1.54, 1.807) is 6.33 Å². The van der Waals surface area contributed by atoms with Gasteiger partial charge in [-0.3, -0.25) is 0 Å². The Morgan fingerprint density at radius 1 is 1.05 bits per heavy atom. The maximum Gasteiger partial charge on any atom is 0.140 e. The van der Waals surface area contributed by atoms with Crippen molar-refractivity contribution in [1.82, 2.24) is 20.1 Å². The molecule has 0 unspecified atom stereocenters. The maximum absolute atomic E-state index is 5.51. The van der Waals surface area contributed by atoms with Crippen LogP contribution >= 0.6 is 0 Å². The lowest BCUT2D eigenvalue weighted by Gasteiger charge is -2.08. The van der Waals surface area contributed by atoms with Crippen LogP contribution in [0.5, 0.6) is 0 Å². The summed E-state index contributed by atoms with van der Waals surface area (Å²) in [5.74, 6) is 0.918. The molecule has 0 aliphatic rings. The fraction of sp³-hybridized carbons (Fsp3) is 0.857. The lowest BCUT2D eigenvalue weighted by atomic mass is 10.4. The quantitative estimate of drug-likeness (QED) is 0.514. The van der Waals surface area contributed by atoms with Crippen LogP contribution in [0.25, 0.3) is 0 Å². The molecule has 0 amide bonds. The zero-order chi connectivity index (χ0) is 15.2. The summed E-state index contributed by atoms with van der Waals surface area (Å²) in [6.45, 7) is 7.47. The number of hydrogen-bond donors (Lipinski definition) is 1. The van der Waals surface area contributed by atoms with E-state index in [-0.39, 0.29) is 0 Å². The van der Waals surface area contributed by atoms with Crippen LogP contribution in [-0.4, -0.2) is 61.5 Å². The molecule has 1 aromatic rings. The first-order chi connectivity index (χ1) is 10.4. The Kier molecular flexibility index (Phi) is 10.9. The Morgan fingerprint density at radius 2 is 1.71 bits per heavy atom. The molecule has 0 bridgehead atoms. The average molecular weight is 300 g/mol. The smallest absolute Gasteiger partial charge is 0.140 e. The molecule has 7 heteroatoms. The van der Waals surface area contributed by atoms with E-state index in [4.69, 9.17) is 14.2 Å². The van der Waals surface area contributed by atoms with Crippen molar-refractivity contribution in [2.75, 3.05) is 46.7 Å². The number of unbranched alkanes of at least 4 members (excludes halogenated alkanes) is 1. The number of nitrogens with one attached hydrogen (secondary N) is 1. The SMILES string of the molecule is CCCCOCCOCCOCCn1ncnc1CNC. The minimum Gasteiger partial charge on any atom is -0.379 e. The molecule has 0 fully saturated rings. The van der Waals surface area contributed by atoms with Crippen molar-refractivity contribution in [1.29, 1.82) is 0 Å². The van der Waals surface area contributed by atoms with Gasteiger partial charge in [0, 0.05) is 6.61 Å². The van der Waals surface area contributed by atoms with Gasteiger partial charge in [0.2, 0.25) is 0 Å². The second-order valence-corrected chi connectivity index (χ2v) is 4.62. The summed E-state index contributed by atoms with van der Waals surface area (Å²) in [7, 11) is 1.89. The van der Waals surface area contributed by atoms with Gasteiger partial charge >= 0.3 is 0 Å². The highest BCUT2D eigenvalue weighted by Gasteiger charge is 2.02. The normalized spacial score (nSPS) is 11.1. The Hall–Kier alpha value is -1.02. The summed E-state index contributed by atoms with van der Waals surface area (Å²) in [5.41, 5.74) is 0. The van der Waals surface area contributed by atoms with Gasteiger partial charge in [-0.15, -0.1) is 0 Å². The highest BCUT2D eigenvalue weighted by Crippen LogP contribution is 1.93. The van der Waals surface area contributed by atoms with Gasteiger partial charge in [-0.05, 0) is 13.5 Å². The van der Waals surface area contributed by atoms with Gasteiger partial charge in [-0.1, -0.05) is 13.3 Å². The highest BCUT2D eigenvalue weighted by molar-refractivity contribution is 4.82.